The topological polar surface area (TPSA) is 12.0 Å². The molecule has 2 heteroatoms. The summed E-state index contributed by atoms with van der Waals surface area (Å²) in [4.78, 5) is 0. The average Bonchev–Trinajstić information content (AvgIpc) is 2.26. The Bertz CT molecular complexity index is 345. The third-order valence-electron chi connectivity index (χ3n) is 2.44. The van der Waals surface area contributed by atoms with Gasteiger partial charge in [0.1, 0.15) is 5.82 Å². The van der Waals surface area contributed by atoms with Crippen molar-refractivity contribution in [1.29, 1.82) is 0 Å². The Balaban J connectivity index is 2.38. The predicted molar refractivity (Wildman–Crippen MR) is 67.9 cm³/mol. The molecule has 0 spiro atoms. The van der Waals surface area contributed by atoms with E-state index in [1.54, 1.807) is 6.07 Å². The molecule has 0 saturated heterocycles. The number of rotatable bonds is 6. The summed E-state index contributed by atoms with van der Waals surface area (Å²) in [7, 11) is 0. The molecule has 0 amide bonds. The summed E-state index contributed by atoms with van der Waals surface area (Å²) in [5.41, 5.74) is 2.08. The lowest BCUT2D eigenvalue weighted by atomic mass is 10.1. The number of nitrogens with one attached hydrogen (secondary N) is 1. The normalized spacial score (nSPS) is 11.2. The van der Waals surface area contributed by atoms with Crippen LogP contribution in [-0.2, 0) is 0 Å². The molecule has 1 rings (SSSR count). The van der Waals surface area contributed by atoms with Gasteiger partial charge in [-0.05, 0) is 56.1 Å². The molecule has 0 heterocycles. The zero-order chi connectivity index (χ0) is 11.8. The van der Waals surface area contributed by atoms with Gasteiger partial charge in [-0.3, -0.25) is 0 Å². The molecule has 16 heavy (non-hydrogen) atoms. The van der Waals surface area contributed by atoms with Gasteiger partial charge in [0, 0.05) is 0 Å². The molecule has 0 unspecified atom stereocenters. The van der Waals surface area contributed by atoms with Crippen molar-refractivity contribution in [3.63, 3.8) is 0 Å². The summed E-state index contributed by atoms with van der Waals surface area (Å²) in [6.07, 6.45) is 6.36. The van der Waals surface area contributed by atoms with E-state index in [-0.39, 0.29) is 5.82 Å². The smallest absolute Gasteiger partial charge is 0.123 e. The minimum atomic E-state index is -0.167. The standard InChI is InChI=1S/C14H20FN/c1-3-9-16-10-5-4-6-13-7-8-14(15)11-12(13)2/h4,6-8,11,16H,3,5,9-10H2,1-2H3. The summed E-state index contributed by atoms with van der Waals surface area (Å²) < 4.78 is 12.8. The zero-order valence-electron chi connectivity index (χ0n) is 10.1. The Hall–Kier alpha value is -1.15. The molecule has 1 N–H and O–H groups in total. The van der Waals surface area contributed by atoms with Crippen LogP contribution in [-0.4, -0.2) is 13.1 Å². The molecule has 0 radical (unpaired) electrons. The van der Waals surface area contributed by atoms with Gasteiger partial charge in [-0.25, -0.2) is 4.39 Å². The van der Waals surface area contributed by atoms with E-state index in [0.717, 1.165) is 30.6 Å². The maximum atomic E-state index is 12.8. The number of benzene rings is 1. The molecule has 1 aromatic rings. The molecular weight excluding hydrogens is 201 g/mol. The monoisotopic (exact) mass is 221 g/mol. The van der Waals surface area contributed by atoms with E-state index in [2.05, 4.69) is 24.4 Å². The minimum Gasteiger partial charge on any atom is -0.316 e. The second-order valence-electron chi connectivity index (χ2n) is 3.94. The molecular formula is C14H20FN. The van der Waals surface area contributed by atoms with Crippen LogP contribution in [0.5, 0.6) is 0 Å². The molecule has 0 aromatic heterocycles. The summed E-state index contributed by atoms with van der Waals surface area (Å²) in [6.45, 7) is 6.16. The highest BCUT2D eigenvalue weighted by Crippen LogP contribution is 2.11. The maximum absolute atomic E-state index is 12.8. The number of hydrogen-bond donors (Lipinski definition) is 1. The molecule has 0 saturated carbocycles. The maximum Gasteiger partial charge on any atom is 0.123 e. The van der Waals surface area contributed by atoms with Crippen LogP contribution in [0.25, 0.3) is 6.08 Å². The van der Waals surface area contributed by atoms with E-state index in [9.17, 15) is 4.39 Å². The van der Waals surface area contributed by atoms with E-state index in [4.69, 9.17) is 0 Å². The predicted octanol–water partition coefficient (Wildman–Crippen LogP) is 3.54. The van der Waals surface area contributed by atoms with E-state index >= 15 is 0 Å². The third kappa shape index (κ3) is 4.58. The first-order chi connectivity index (χ1) is 7.74. The van der Waals surface area contributed by atoms with Crippen LogP contribution in [0.15, 0.2) is 24.3 Å². The first-order valence-electron chi connectivity index (χ1n) is 5.87. The third-order valence-corrected chi connectivity index (χ3v) is 2.44. The van der Waals surface area contributed by atoms with Gasteiger partial charge >= 0.3 is 0 Å². The Morgan fingerprint density at radius 1 is 1.31 bits per heavy atom. The second-order valence-corrected chi connectivity index (χ2v) is 3.94. The van der Waals surface area contributed by atoms with Gasteiger partial charge in [-0.2, -0.15) is 0 Å². The van der Waals surface area contributed by atoms with Crippen LogP contribution in [0.1, 0.15) is 30.9 Å². The van der Waals surface area contributed by atoms with Gasteiger partial charge in [0.25, 0.3) is 0 Å². The van der Waals surface area contributed by atoms with E-state index in [1.165, 1.54) is 12.5 Å². The number of halogens is 1. The number of hydrogen-bond acceptors (Lipinski definition) is 1. The van der Waals surface area contributed by atoms with Crippen molar-refractivity contribution >= 4 is 6.08 Å². The van der Waals surface area contributed by atoms with Crippen molar-refractivity contribution in [1.82, 2.24) is 5.32 Å². The van der Waals surface area contributed by atoms with Gasteiger partial charge in [0.2, 0.25) is 0 Å². The molecule has 1 aromatic carbocycles. The molecule has 1 nitrogen and oxygen atoms in total. The molecule has 0 aliphatic carbocycles. The first kappa shape index (κ1) is 12.9. The van der Waals surface area contributed by atoms with Crippen LogP contribution in [0.3, 0.4) is 0 Å². The SMILES string of the molecule is CCCNCCC=Cc1ccc(F)cc1C. The van der Waals surface area contributed by atoms with E-state index in [1.807, 2.05) is 13.0 Å². The van der Waals surface area contributed by atoms with Crippen molar-refractivity contribution < 1.29 is 4.39 Å². The minimum absolute atomic E-state index is 0.167. The van der Waals surface area contributed by atoms with Gasteiger partial charge < -0.3 is 5.32 Å². The highest BCUT2D eigenvalue weighted by molar-refractivity contribution is 5.53. The molecule has 0 bridgehead atoms. The van der Waals surface area contributed by atoms with Gasteiger partial charge in [0.05, 0.1) is 0 Å². The van der Waals surface area contributed by atoms with Crippen molar-refractivity contribution in [2.75, 3.05) is 13.1 Å². The lowest BCUT2D eigenvalue weighted by Gasteiger charge is -2.01. The quantitative estimate of drug-likeness (QED) is 0.724. The Morgan fingerprint density at radius 3 is 2.81 bits per heavy atom. The Labute approximate surface area is 97.4 Å². The van der Waals surface area contributed by atoms with E-state index < -0.39 is 0 Å². The van der Waals surface area contributed by atoms with Crippen molar-refractivity contribution in [2.45, 2.75) is 26.7 Å². The summed E-state index contributed by atoms with van der Waals surface area (Å²) in [5, 5.41) is 3.33. The molecule has 0 aliphatic heterocycles. The Morgan fingerprint density at radius 2 is 2.12 bits per heavy atom. The van der Waals surface area contributed by atoms with Crippen LogP contribution in [0, 0.1) is 12.7 Å². The van der Waals surface area contributed by atoms with Gasteiger partial charge in [-0.1, -0.05) is 25.1 Å². The summed E-state index contributed by atoms with van der Waals surface area (Å²) in [5.74, 6) is -0.167. The first-order valence-corrected chi connectivity index (χ1v) is 5.87. The van der Waals surface area contributed by atoms with Crippen LogP contribution in [0.4, 0.5) is 4.39 Å². The fourth-order valence-electron chi connectivity index (χ4n) is 1.52. The summed E-state index contributed by atoms with van der Waals surface area (Å²) >= 11 is 0. The number of aryl methyl sites for hydroxylation is 1. The van der Waals surface area contributed by atoms with Crippen molar-refractivity contribution in [3.8, 4) is 0 Å². The zero-order valence-corrected chi connectivity index (χ0v) is 10.1. The lowest BCUT2D eigenvalue weighted by molar-refractivity contribution is 0.626. The highest BCUT2D eigenvalue weighted by atomic mass is 19.1. The summed E-state index contributed by atoms with van der Waals surface area (Å²) in [6, 6.07) is 4.89. The van der Waals surface area contributed by atoms with E-state index in [0.29, 0.717) is 0 Å². The van der Waals surface area contributed by atoms with Crippen LogP contribution >= 0.6 is 0 Å². The molecule has 0 atom stereocenters. The van der Waals surface area contributed by atoms with Crippen LogP contribution < -0.4 is 5.32 Å². The van der Waals surface area contributed by atoms with Crippen LogP contribution in [0.2, 0.25) is 0 Å². The molecule has 88 valence electrons. The van der Waals surface area contributed by atoms with Crippen molar-refractivity contribution in [2.24, 2.45) is 0 Å². The van der Waals surface area contributed by atoms with Crippen molar-refractivity contribution in [3.05, 3.63) is 41.2 Å². The highest BCUT2D eigenvalue weighted by Gasteiger charge is 1.95. The van der Waals surface area contributed by atoms with Gasteiger partial charge in [0.15, 0.2) is 0 Å². The molecule has 0 aliphatic rings. The average molecular weight is 221 g/mol. The molecule has 0 fully saturated rings. The largest absolute Gasteiger partial charge is 0.316 e. The fraction of sp³-hybridized carbons (Fsp3) is 0.429. The second kappa shape index (κ2) is 7.18. The van der Waals surface area contributed by atoms with Gasteiger partial charge in [-0.15, -0.1) is 0 Å². The Kier molecular flexibility index (Phi) is 5.79. The fourth-order valence-corrected chi connectivity index (χ4v) is 1.52. The lowest BCUT2D eigenvalue weighted by Crippen LogP contribution is -2.14.